The van der Waals surface area contributed by atoms with Gasteiger partial charge in [0.15, 0.2) is 16.5 Å². The van der Waals surface area contributed by atoms with E-state index in [0.29, 0.717) is 4.96 Å². The van der Waals surface area contributed by atoms with E-state index in [1.807, 2.05) is 0 Å². The van der Waals surface area contributed by atoms with Crippen LogP contribution in [0.15, 0.2) is 11.6 Å². The molecule has 0 amide bonds. The highest BCUT2D eigenvalue weighted by atomic mass is 32.2. The van der Waals surface area contributed by atoms with Crippen LogP contribution >= 0.6 is 11.3 Å². The van der Waals surface area contributed by atoms with Crippen molar-refractivity contribution in [3.8, 4) is 0 Å². The van der Waals surface area contributed by atoms with Gasteiger partial charge in [-0.05, 0) is 0 Å². The molecule has 104 valence electrons. The summed E-state index contributed by atoms with van der Waals surface area (Å²) < 4.78 is 23.8. The van der Waals surface area contributed by atoms with Crippen LogP contribution in [-0.4, -0.2) is 54.5 Å². The second-order valence-electron chi connectivity index (χ2n) is 4.20. The van der Waals surface area contributed by atoms with E-state index >= 15 is 0 Å². The number of thiazole rings is 1. The third-order valence-corrected chi connectivity index (χ3v) is 4.29. The van der Waals surface area contributed by atoms with Gasteiger partial charge in [0.1, 0.15) is 9.84 Å². The van der Waals surface area contributed by atoms with Gasteiger partial charge < -0.3 is 10.0 Å². The number of hydrogen-bond donors (Lipinski definition) is 1. The number of carboxylic acids is 1. The number of aromatic carboxylic acids is 1. The number of carboxylic acid groups (broad SMARTS) is 1. The highest BCUT2D eigenvalue weighted by Gasteiger charge is 2.22. The Morgan fingerprint density at radius 3 is 2.84 bits per heavy atom. The summed E-state index contributed by atoms with van der Waals surface area (Å²) in [6.07, 6.45) is 2.77. The van der Waals surface area contributed by atoms with Crippen molar-refractivity contribution in [2.75, 3.05) is 30.5 Å². The largest absolute Gasteiger partial charge is 0.476 e. The zero-order valence-electron chi connectivity index (χ0n) is 10.4. The van der Waals surface area contributed by atoms with Crippen molar-refractivity contribution in [2.45, 2.75) is 0 Å². The smallest absolute Gasteiger partial charge is 0.356 e. The number of anilines is 1. The molecule has 19 heavy (non-hydrogen) atoms. The van der Waals surface area contributed by atoms with E-state index in [-0.39, 0.29) is 23.8 Å². The van der Waals surface area contributed by atoms with Gasteiger partial charge in [-0.2, -0.15) is 0 Å². The van der Waals surface area contributed by atoms with E-state index in [1.165, 1.54) is 15.7 Å². The maximum atomic E-state index is 11.3. The van der Waals surface area contributed by atoms with E-state index in [0.717, 1.165) is 6.26 Å². The van der Waals surface area contributed by atoms with Gasteiger partial charge in [0.25, 0.3) is 0 Å². The molecule has 1 N–H and O–H groups in total. The fourth-order valence-corrected chi connectivity index (χ4v) is 2.96. The first-order chi connectivity index (χ1) is 8.79. The van der Waals surface area contributed by atoms with Crippen LogP contribution < -0.4 is 4.90 Å². The first-order valence-electron chi connectivity index (χ1n) is 5.37. The summed E-state index contributed by atoms with van der Waals surface area (Å²) in [5.41, 5.74) is 0.0484. The molecular weight excluding hydrogens is 290 g/mol. The van der Waals surface area contributed by atoms with Gasteiger partial charge in [-0.15, -0.1) is 11.3 Å². The van der Waals surface area contributed by atoms with E-state index < -0.39 is 15.8 Å². The van der Waals surface area contributed by atoms with Gasteiger partial charge in [0.05, 0.1) is 5.75 Å². The van der Waals surface area contributed by atoms with Gasteiger partial charge in [-0.1, -0.05) is 0 Å². The maximum Gasteiger partial charge on any atom is 0.356 e. The number of aromatic nitrogens is 2. The molecule has 2 heterocycles. The second kappa shape index (κ2) is 4.82. The van der Waals surface area contributed by atoms with Gasteiger partial charge in [0, 0.05) is 31.4 Å². The van der Waals surface area contributed by atoms with Crippen LogP contribution in [0.1, 0.15) is 10.5 Å². The highest BCUT2D eigenvalue weighted by Crippen LogP contribution is 2.23. The third-order valence-electron chi connectivity index (χ3n) is 2.61. The van der Waals surface area contributed by atoms with Crippen molar-refractivity contribution in [1.29, 1.82) is 0 Å². The minimum Gasteiger partial charge on any atom is -0.476 e. The summed E-state index contributed by atoms with van der Waals surface area (Å²) in [5, 5.41) is 11.0. The Morgan fingerprint density at radius 1 is 1.58 bits per heavy atom. The van der Waals surface area contributed by atoms with Crippen LogP contribution in [0.4, 0.5) is 5.82 Å². The summed E-state index contributed by atoms with van der Waals surface area (Å²) in [7, 11) is -1.47. The molecule has 2 aromatic rings. The lowest BCUT2D eigenvalue weighted by Crippen LogP contribution is -2.26. The molecule has 0 aromatic carbocycles. The summed E-state index contributed by atoms with van der Waals surface area (Å²) in [5.74, 6) is -0.858. The summed E-state index contributed by atoms with van der Waals surface area (Å²) in [6.45, 7) is 0.198. The number of fused-ring (bicyclic) bond motifs is 1. The Hall–Kier alpha value is -1.61. The molecule has 0 atom stereocenters. The second-order valence-corrected chi connectivity index (χ2v) is 7.33. The molecule has 0 aliphatic carbocycles. The lowest BCUT2D eigenvalue weighted by atomic mass is 10.4. The van der Waals surface area contributed by atoms with Gasteiger partial charge in [0.2, 0.25) is 0 Å². The number of nitrogens with zero attached hydrogens (tertiary/aromatic N) is 3. The zero-order chi connectivity index (χ0) is 14.2. The van der Waals surface area contributed by atoms with Gasteiger partial charge in [-0.3, -0.25) is 4.40 Å². The fourth-order valence-electron chi connectivity index (χ4n) is 1.65. The highest BCUT2D eigenvalue weighted by molar-refractivity contribution is 7.90. The molecule has 0 bridgehead atoms. The predicted molar refractivity (Wildman–Crippen MR) is 73.0 cm³/mol. The number of imidazole rings is 1. The van der Waals surface area contributed by atoms with Gasteiger partial charge >= 0.3 is 5.97 Å². The fraction of sp³-hybridized carbons (Fsp3) is 0.400. The Morgan fingerprint density at radius 2 is 2.26 bits per heavy atom. The number of sulfone groups is 1. The summed E-state index contributed by atoms with van der Waals surface area (Å²) in [4.78, 5) is 17.6. The Labute approximate surface area is 114 Å². The summed E-state index contributed by atoms with van der Waals surface area (Å²) >= 11 is 1.32. The standard InChI is InChI=1S/C10H13N3O4S2/c1-12(4-6-19(2,16)17)8-7(9(14)15)13-3-5-18-10(13)11-8/h3,5H,4,6H2,1-2H3,(H,14,15). The van der Waals surface area contributed by atoms with Crippen LogP contribution in [0.25, 0.3) is 4.96 Å². The molecule has 2 aromatic heterocycles. The maximum absolute atomic E-state index is 11.3. The van der Waals surface area contributed by atoms with Crippen LogP contribution in [0.5, 0.6) is 0 Å². The van der Waals surface area contributed by atoms with E-state index in [4.69, 9.17) is 0 Å². The van der Waals surface area contributed by atoms with Gasteiger partial charge in [-0.25, -0.2) is 18.2 Å². The predicted octanol–water partition coefficient (Wildman–Crippen LogP) is 0.575. The molecule has 7 nitrogen and oxygen atoms in total. The Kier molecular flexibility index (Phi) is 3.50. The lowest BCUT2D eigenvalue weighted by Gasteiger charge is -2.16. The lowest BCUT2D eigenvalue weighted by molar-refractivity contribution is 0.0690. The molecule has 2 rings (SSSR count). The third kappa shape index (κ3) is 2.87. The molecule has 0 radical (unpaired) electrons. The van der Waals surface area contributed by atoms with E-state index in [2.05, 4.69) is 4.98 Å². The van der Waals surface area contributed by atoms with Crippen LogP contribution in [0, 0.1) is 0 Å². The topological polar surface area (TPSA) is 92.0 Å². The first-order valence-corrected chi connectivity index (χ1v) is 8.31. The minimum atomic E-state index is -3.10. The number of hydrogen-bond acceptors (Lipinski definition) is 6. The molecule has 0 aliphatic heterocycles. The Balaban J connectivity index is 2.36. The van der Waals surface area contributed by atoms with E-state index in [1.54, 1.807) is 23.5 Å². The van der Waals surface area contributed by atoms with Crippen molar-refractivity contribution in [1.82, 2.24) is 9.38 Å². The normalized spacial score (nSPS) is 11.9. The van der Waals surface area contributed by atoms with Crippen molar-refractivity contribution >= 4 is 37.9 Å². The number of rotatable bonds is 5. The molecule has 0 saturated carbocycles. The zero-order valence-corrected chi connectivity index (χ0v) is 12.0. The quantitative estimate of drug-likeness (QED) is 0.868. The molecule has 0 fully saturated rings. The molecular formula is C10H13N3O4S2. The monoisotopic (exact) mass is 303 g/mol. The van der Waals surface area contributed by atoms with Crippen LogP contribution in [0.3, 0.4) is 0 Å². The molecule has 0 aliphatic rings. The first kappa shape index (κ1) is 13.8. The average Bonchev–Trinajstić information content (AvgIpc) is 2.82. The molecule has 0 unspecified atom stereocenters. The van der Waals surface area contributed by atoms with Crippen LogP contribution in [0.2, 0.25) is 0 Å². The molecule has 9 heteroatoms. The average molecular weight is 303 g/mol. The van der Waals surface area contributed by atoms with Crippen LogP contribution in [-0.2, 0) is 9.84 Å². The number of carbonyl (C=O) groups is 1. The van der Waals surface area contributed by atoms with E-state index in [9.17, 15) is 18.3 Å². The summed E-state index contributed by atoms with van der Waals surface area (Å²) in [6, 6.07) is 0. The molecule has 0 spiro atoms. The molecule has 0 saturated heterocycles. The van der Waals surface area contributed by atoms with Crippen molar-refractivity contribution < 1.29 is 18.3 Å². The Bertz CT molecular complexity index is 716. The minimum absolute atomic E-state index is 0.0479. The van der Waals surface area contributed by atoms with Crippen molar-refractivity contribution in [3.63, 3.8) is 0 Å². The van der Waals surface area contributed by atoms with Crippen molar-refractivity contribution in [3.05, 3.63) is 17.3 Å². The SMILES string of the molecule is CN(CCS(C)(=O)=O)c1nc2sccn2c1C(=O)O. The van der Waals surface area contributed by atoms with Crippen molar-refractivity contribution in [2.24, 2.45) is 0 Å².